The van der Waals surface area contributed by atoms with E-state index >= 15 is 0 Å². The van der Waals surface area contributed by atoms with Crippen LogP contribution in [0.1, 0.15) is 30.5 Å². The summed E-state index contributed by atoms with van der Waals surface area (Å²) in [6.07, 6.45) is 5.04. The van der Waals surface area contributed by atoms with E-state index in [0.717, 1.165) is 36.6 Å². The van der Waals surface area contributed by atoms with Crippen LogP contribution in [0.25, 0.3) is 10.9 Å². The van der Waals surface area contributed by atoms with Crippen LogP contribution in [0.5, 0.6) is 0 Å². The van der Waals surface area contributed by atoms with E-state index < -0.39 is 5.79 Å². The van der Waals surface area contributed by atoms with Crippen molar-refractivity contribution in [2.75, 3.05) is 18.9 Å². The van der Waals surface area contributed by atoms with Crippen LogP contribution in [0.3, 0.4) is 0 Å². The highest BCUT2D eigenvalue weighted by Gasteiger charge is 2.42. The number of aromatic nitrogens is 1. The Balaban J connectivity index is 1.55. The van der Waals surface area contributed by atoms with Gasteiger partial charge in [0.05, 0.1) is 18.7 Å². The van der Waals surface area contributed by atoms with Gasteiger partial charge in [0.2, 0.25) is 5.91 Å². The van der Waals surface area contributed by atoms with Crippen molar-refractivity contribution in [1.82, 2.24) is 4.57 Å². The van der Waals surface area contributed by atoms with Gasteiger partial charge in [-0.25, -0.2) is 0 Å². The Kier molecular flexibility index (Phi) is 3.20. The summed E-state index contributed by atoms with van der Waals surface area (Å²) >= 11 is 0. The van der Waals surface area contributed by atoms with Crippen molar-refractivity contribution >= 4 is 22.5 Å². The molecule has 0 radical (unpaired) electrons. The van der Waals surface area contributed by atoms with Gasteiger partial charge in [-0.05, 0) is 31.0 Å². The van der Waals surface area contributed by atoms with Crippen molar-refractivity contribution in [3.05, 3.63) is 30.5 Å². The lowest BCUT2D eigenvalue weighted by atomic mass is 9.84. The number of nitrogen functional groups attached to an aromatic ring is 1. The second-order valence-electron chi connectivity index (χ2n) is 6.19. The molecule has 1 saturated heterocycles. The predicted molar refractivity (Wildman–Crippen MR) is 83.6 cm³/mol. The van der Waals surface area contributed by atoms with Gasteiger partial charge in [-0.3, -0.25) is 9.36 Å². The number of fused-ring (bicyclic) bond motifs is 1. The third-order valence-electron chi connectivity index (χ3n) is 4.91. The van der Waals surface area contributed by atoms with Crippen LogP contribution in [0.15, 0.2) is 30.5 Å². The fourth-order valence-corrected chi connectivity index (χ4v) is 3.67. The molecule has 2 aliphatic rings. The fraction of sp³-hybridized carbons (Fsp3) is 0.471. The molecule has 2 aromatic rings. The number of carbonyl (C=O) groups is 1. The third-order valence-corrected chi connectivity index (χ3v) is 4.91. The van der Waals surface area contributed by atoms with E-state index in [9.17, 15) is 4.79 Å². The van der Waals surface area contributed by atoms with Gasteiger partial charge in [0.15, 0.2) is 5.79 Å². The number of carbonyl (C=O) groups excluding carboxylic acids is 1. The van der Waals surface area contributed by atoms with Gasteiger partial charge in [-0.15, -0.1) is 0 Å². The molecule has 1 saturated carbocycles. The second kappa shape index (κ2) is 5.11. The molecule has 5 heteroatoms. The van der Waals surface area contributed by atoms with E-state index in [-0.39, 0.29) is 11.8 Å². The third kappa shape index (κ3) is 2.12. The van der Waals surface area contributed by atoms with Gasteiger partial charge in [0.25, 0.3) is 0 Å². The second-order valence-corrected chi connectivity index (χ2v) is 6.19. The van der Waals surface area contributed by atoms with Crippen LogP contribution in [-0.4, -0.2) is 29.5 Å². The molecule has 0 unspecified atom stereocenters. The lowest BCUT2D eigenvalue weighted by molar-refractivity contribution is -0.180. The molecule has 1 aromatic heterocycles. The van der Waals surface area contributed by atoms with Crippen LogP contribution in [-0.2, 0) is 9.47 Å². The molecule has 1 spiro atoms. The first-order chi connectivity index (χ1) is 10.7. The quantitative estimate of drug-likeness (QED) is 0.822. The highest BCUT2D eigenvalue weighted by atomic mass is 16.7. The van der Waals surface area contributed by atoms with Crippen molar-refractivity contribution in [1.29, 1.82) is 0 Å². The molecule has 1 aromatic carbocycles. The number of anilines is 1. The van der Waals surface area contributed by atoms with E-state index in [0.29, 0.717) is 18.9 Å². The maximum absolute atomic E-state index is 12.8. The number of nitrogens with zero attached hydrogens (tertiary/aromatic N) is 1. The maximum Gasteiger partial charge on any atom is 0.234 e. The minimum Gasteiger partial charge on any atom is -0.398 e. The van der Waals surface area contributed by atoms with E-state index in [1.165, 1.54) is 0 Å². The number of hydrogen-bond acceptors (Lipinski definition) is 4. The monoisotopic (exact) mass is 300 g/mol. The number of hydrogen-bond donors (Lipinski definition) is 1. The summed E-state index contributed by atoms with van der Waals surface area (Å²) in [6, 6.07) is 7.60. The zero-order valence-electron chi connectivity index (χ0n) is 12.5. The van der Waals surface area contributed by atoms with E-state index in [2.05, 4.69) is 0 Å². The lowest BCUT2D eigenvalue weighted by Crippen LogP contribution is -2.38. The molecule has 1 aliphatic heterocycles. The summed E-state index contributed by atoms with van der Waals surface area (Å²) in [4.78, 5) is 12.8. The Morgan fingerprint density at radius 2 is 1.91 bits per heavy atom. The van der Waals surface area contributed by atoms with Crippen molar-refractivity contribution in [2.24, 2.45) is 5.92 Å². The Morgan fingerprint density at radius 3 is 2.64 bits per heavy atom. The zero-order valence-corrected chi connectivity index (χ0v) is 12.5. The van der Waals surface area contributed by atoms with Crippen molar-refractivity contribution in [2.45, 2.75) is 31.5 Å². The highest BCUT2D eigenvalue weighted by molar-refractivity contribution is 5.98. The van der Waals surface area contributed by atoms with Gasteiger partial charge in [-0.2, -0.15) is 0 Å². The molecular formula is C17H20N2O3. The first kappa shape index (κ1) is 13.8. The molecule has 0 bridgehead atoms. The molecular weight excluding hydrogens is 280 g/mol. The number of nitrogens with two attached hydrogens (primary N) is 1. The summed E-state index contributed by atoms with van der Waals surface area (Å²) in [5.41, 5.74) is 7.56. The normalized spacial score (nSPS) is 21.6. The van der Waals surface area contributed by atoms with Crippen LogP contribution in [0, 0.1) is 5.92 Å². The van der Waals surface area contributed by atoms with Gasteiger partial charge in [0.1, 0.15) is 0 Å². The Hall–Kier alpha value is -1.85. The molecule has 0 amide bonds. The summed E-state index contributed by atoms with van der Waals surface area (Å²) < 4.78 is 13.2. The molecule has 2 fully saturated rings. The molecule has 22 heavy (non-hydrogen) atoms. The molecule has 2 heterocycles. The number of ether oxygens (including phenoxy) is 2. The van der Waals surface area contributed by atoms with Crippen LogP contribution >= 0.6 is 0 Å². The summed E-state index contributed by atoms with van der Waals surface area (Å²) in [6.45, 7) is 1.33. The fourth-order valence-electron chi connectivity index (χ4n) is 3.67. The van der Waals surface area contributed by atoms with Gasteiger partial charge in [-0.1, -0.05) is 6.07 Å². The minimum absolute atomic E-state index is 0.0236. The smallest absolute Gasteiger partial charge is 0.234 e. The Morgan fingerprint density at radius 1 is 1.18 bits per heavy atom. The topological polar surface area (TPSA) is 66.5 Å². The SMILES string of the molecule is Nc1cccc2c1ccn2C(=O)C1CCC2(CC1)OCCO2. The average Bonchev–Trinajstić information content (AvgIpc) is 3.16. The van der Waals surface area contributed by atoms with Crippen molar-refractivity contribution in [3.8, 4) is 0 Å². The molecule has 5 nitrogen and oxygen atoms in total. The molecule has 4 rings (SSSR count). The number of benzene rings is 1. The highest BCUT2D eigenvalue weighted by Crippen LogP contribution is 2.39. The Labute approximate surface area is 129 Å². The summed E-state index contributed by atoms with van der Waals surface area (Å²) in [7, 11) is 0. The standard InChI is InChI=1S/C17H20N2O3/c18-14-2-1-3-15-13(14)6-9-19(15)16(20)12-4-7-17(8-5-12)21-10-11-22-17/h1-3,6,9,12H,4-5,7-8,10-11,18H2. The molecule has 116 valence electrons. The largest absolute Gasteiger partial charge is 0.398 e. The average molecular weight is 300 g/mol. The molecule has 2 N–H and O–H groups in total. The van der Waals surface area contributed by atoms with Crippen LogP contribution in [0.2, 0.25) is 0 Å². The van der Waals surface area contributed by atoms with Crippen molar-refractivity contribution < 1.29 is 14.3 Å². The van der Waals surface area contributed by atoms with E-state index in [1.54, 1.807) is 4.57 Å². The first-order valence-electron chi connectivity index (χ1n) is 7.86. The van der Waals surface area contributed by atoms with Crippen LogP contribution in [0.4, 0.5) is 5.69 Å². The maximum atomic E-state index is 12.8. The van der Waals surface area contributed by atoms with Crippen LogP contribution < -0.4 is 5.73 Å². The number of rotatable bonds is 1. The predicted octanol–water partition coefficient (Wildman–Crippen LogP) is 2.80. The summed E-state index contributed by atoms with van der Waals surface area (Å²) in [5, 5.41) is 0.936. The van der Waals surface area contributed by atoms with Crippen molar-refractivity contribution in [3.63, 3.8) is 0 Å². The van der Waals surface area contributed by atoms with E-state index in [1.807, 2.05) is 30.5 Å². The summed E-state index contributed by atoms with van der Waals surface area (Å²) in [5.74, 6) is -0.246. The molecule has 1 aliphatic carbocycles. The van der Waals surface area contributed by atoms with Gasteiger partial charge < -0.3 is 15.2 Å². The Bertz CT molecular complexity index is 706. The van der Waals surface area contributed by atoms with Gasteiger partial charge >= 0.3 is 0 Å². The van der Waals surface area contributed by atoms with E-state index in [4.69, 9.17) is 15.2 Å². The van der Waals surface area contributed by atoms with Gasteiger partial charge in [0, 0.05) is 36.0 Å². The first-order valence-corrected chi connectivity index (χ1v) is 7.86. The zero-order chi connectivity index (χ0) is 15.2. The minimum atomic E-state index is -0.417. The lowest BCUT2D eigenvalue weighted by Gasteiger charge is -2.34. The molecule has 0 atom stereocenters.